The fraction of sp³-hybridized carbons (Fsp3) is 0.650. The Morgan fingerprint density at radius 3 is 2.81 bits per heavy atom. The predicted molar refractivity (Wildman–Crippen MR) is 102 cm³/mol. The lowest BCUT2D eigenvalue weighted by atomic mass is 9.65. The van der Waals surface area contributed by atoms with E-state index >= 15 is 0 Å². The first-order valence-electron chi connectivity index (χ1n) is 9.51. The average molecular weight is 398 g/mol. The van der Waals surface area contributed by atoms with Crippen molar-refractivity contribution in [3.63, 3.8) is 0 Å². The third-order valence-corrected chi connectivity index (χ3v) is 6.66. The molecule has 1 aromatic carbocycles. The number of aliphatic hydroxyl groups is 1. The Morgan fingerprint density at radius 2 is 2.04 bits per heavy atom. The van der Waals surface area contributed by atoms with Gasteiger partial charge in [-0.05, 0) is 68.6 Å². The molecule has 4 nitrogen and oxygen atoms in total. The molecule has 2 heterocycles. The van der Waals surface area contributed by atoms with Gasteiger partial charge >= 0.3 is 0 Å². The van der Waals surface area contributed by atoms with Crippen LogP contribution in [0.2, 0.25) is 10.0 Å². The van der Waals surface area contributed by atoms with Gasteiger partial charge < -0.3 is 14.7 Å². The van der Waals surface area contributed by atoms with Crippen LogP contribution in [0.1, 0.15) is 44.9 Å². The first kappa shape index (κ1) is 18.4. The zero-order chi connectivity index (χ0) is 18.3. The Morgan fingerprint density at radius 1 is 1.23 bits per heavy atom. The van der Waals surface area contributed by atoms with Crippen molar-refractivity contribution in [1.82, 2.24) is 4.90 Å². The van der Waals surface area contributed by atoms with Crippen molar-refractivity contribution in [1.29, 1.82) is 0 Å². The lowest BCUT2D eigenvalue weighted by Gasteiger charge is -2.44. The Bertz CT molecular complexity index is 698. The lowest BCUT2D eigenvalue weighted by molar-refractivity contribution is -0.135. The van der Waals surface area contributed by atoms with Gasteiger partial charge in [0.05, 0.1) is 17.2 Å². The molecule has 2 saturated heterocycles. The van der Waals surface area contributed by atoms with Gasteiger partial charge in [0.15, 0.2) is 0 Å². The summed E-state index contributed by atoms with van der Waals surface area (Å²) >= 11 is 12.0. The summed E-state index contributed by atoms with van der Waals surface area (Å²) in [6.45, 7) is 1.26. The smallest absolute Gasteiger partial charge is 0.222 e. The third-order valence-electron chi connectivity index (χ3n) is 6.13. The van der Waals surface area contributed by atoms with Gasteiger partial charge in [0.25, 0.3) is 0 Å². The molecule has 2 aliphatic heterocycles. The Labute approximate surface area is 164 Å². The summed E-state index contributed by atoms with van der Waals surface area (Å²) in [6, 6.07) is 5.35. The molecule has 4 atom stereocenters. The molecule has 6 heteroatoms. The highest BCUT2D eigenvalue weighted by molar-refractivity contribution is 6.35. The lowest BCUT2D eigenvalue weighted by Crippen LogP contribution is -2.48. The summed E-state index contributed by atoms with van der Waals surface area (Å²) in [6.07, 6.45) is 5.89. The minimum Gasteiger partial charge on any atom is -0.492 e. The summed E-state index contributed by atoms with van der Waals surface area (Å²) in [5, 5.41) is 11.8. The maximum Gasteiger partial charge on any atom is 0.222 e. The molecule has 4 bridgehead atoms. The van der Waals surface area contributed by atoms with Crippen molar-refractivity contribution in [3.8, 4) is 5.75 Å². The molecular formula is C20H25Cl2NO3. The molecule has 26 heavy (non-hydrogen) atoms. The summed E-state index contributed by atoms with van der Waals surface area (Å²) in [4.78, 5) is 14.8. The Hall–Kier alpha value is -0.970. The number of hydrogen-bond acceptors (Lipinski definition) is 3. The van der Waals surface area contributed by atoms with Crippen LogP contribution in [-0.2, 0) is 4.79 Å². The fourth-order valence-electron chi connectivity index (χ4n) is 5.30. The second-order valence-electron chi connectivity index (χ2n) is 8.27. The average Bonchev–Trinajstić information content (AvgIpc) is 2.74. The summed E-state index contributed by atoms with van der Waals surface area (Å²) in [5.74, 6) is 1.83. The Balaban J connectivity index is 1.30. The van der Waals surface area contributed by atoms with Crippen molar-refractivity contribution in [3.05, 3.63) is 28.2 Å². The standard InChI is InChI=1S/C20H25Cl2NO3/c21-15-3-4-18(17(22)8-15)26-5-1-2-19(24)23-12-14-6-13-7-16(23)11-20(25,9-13)10-14/h3-4,8,13-14,16,25H,1-2,5-7,9-12H2. The van der Waals surface area contributed by atoms with Gasteiger partial charge in [-0.15, -0.1) is 0 Å². The second-order valence-corrected chi connectivity index (χ2v) is 9.11. The van der Waals surface area contributed by atoms with Crippen LogP contribution in [-0.4, -0.2) is 40.7 Å². The van der Waals surface area contributed by atoms with E-state index in [1.165, 1.54) is 6.42 Å². The maximum absolute atomic E-state index is 12.8. The number of fused-ring (bicyclic) bond motifs is 1. The predicted octanol–water partition coefficient (Wildman–Crippen LogP) is 4.30. The van der Waals surface area contributed by atoms with Crippen molar-refractivity contribution in [2.75, 3.05) is 13.2 Å². The zero-order valence-electron chi connectivity index (χ0n) is 14.8. The number of hydrogen-bond donors (Lipinski definition) is 1. The van der Waals surface area contributed by atoms with Crippen molar-refractivity contribution in [2.24, 2.45) is 11.8 Å². The summed E-state index contributed by atoms with van der Waals surface area (Å²) in [5.41, 5.74) is -0.528. The van der Waals surface area contributed by atoms with Gasteiger partial charge in [-0.2, -0.15) is 0 Å². The molecule has 142 valence electrons. The van der Waals surface area contributed by atoms with Gasteiger partial charge in [0.1, 0.15) is 5.75 Å². The van der Waals surface area contributed by atoms with Crippen LogP contribution in [0.5, 0.6) is 5.75 Å². The first-order valence-corrected chi connectivity index (χ1v) is 10.3. The normalized spacial score (nSPS) is 32.6. The molecule has 1 aromatic rings. The topological polar surface area (TPSA) is 49.8 Å². The third kappa shape index (κ3) is 3.83. The molecule has 0 radical (unpaired) electrons. The van der Waals surface area contributed by atoms with Crippen molar-refractivity contribution in [2.45, 2.75) is 56.6 Å². The SMILES string of the molecule is O=C(CCCOc1ccc(Cl)cc1Cl)N1CC2CC3CC1CC(O)(C3)C2. The second kappa shape index (κ2) is 7.21. The first-order chi connectivity index (χ1) is 12.4. The molecule has 1 N–H and O–H groups in total. The van der Waals surface area contributed by atoms with E-state index in [1.54, 1.807) is 18.2 Å². The van der Waals surface area contributed by atoms with Crippen LogP contribution in [0, 0.1) is 11.8 Å². The number of carbonyl (C=O) groups is 1. The van der Waals surface area contributed by atoms with E-state index in [9.17, 15) is 9.90 Å². The minimum atomic E-state index is -0.528. The number of benzene rings is 1. The molecule has 5 rings (SSSR count). The van der Waals surface area contributed by atoms with E-state index in [4.69, 9.17) is 27.9 Å². The zero-order valence-corrected chi connectivity index (χ0v) is 16.3. The Kier molecular flexibility index (Phi) is 5.10. The summed E-state index contributed by atoms with van der Waals surface area (Å²) in [7, 11) is 0. The monoisotopic (exact) mass is 397 g/mol. The molecule has 4 unspecified atom stereocenters. The molecular weight excluding hydrogens is 373 g/mol. The van der Waals surface area contributed by atoms with E-state index in [0.29, 0.717) is 47.1 Å². The number of nitrogens with zero attached hydrogens (tertiary/aromatic N) is 1. The van der Waals surface area contributed by atoms with E-state index in [2.05, 4.69) is 4.90 Å². The fourth-order valence-corrected chi connectivity index (χ4v) is 5.76. The molecule has 4 aliphatic rings. The highest BCUT2D eigenvalue weighted by atomic mass is 35.5. The maximum atomic E-state index is 12.8. The number of ether oxygens (including phenoxy) is 1. The van der Waals surface area contributed by atoms with E-state index in [1.807, 2.05) is 0 Å². The molecule has 4 fully saturated rings. The van der Waals surface area contributed by atoms with Crippen LogP contribution in [0.25, 0.3) is 0 Å². The number of carbonyl (C=O) groups excluding carboxylic acids is 1. The number of amides is 1. The van der Waals surface area contributed by atoms with Crippen LogP contribution >= 0.6 is 23.2 Å². The number of rotatable bonds is 5. The summed E-state index contributed by atoms with van der Waals surface area (Å²) < 4.78 is 5.68. The molecule has 0 aromatic heterocycles. The van der Waals surface area contributed by atoms with Gasteiger partial charge in [-0.1, -0.05) is 23.2 Å². The molecule has 2 aliphatic carbocycles. The van der Waals surface area contributed by atoms with E-state index < -0.39 is 5.60 Å². The quantitative estimate of drug-likeness (QED) is 0.753. The van der Waals surface area contributed by atoms with Crippen LogP contribution in [0.4, 0.5) is 0 Å². The van der Waals surface area contributed by atoms with Crippen LogP contribution in [0.3, 0.4) is 0 Å². The molecule has 1 amide bonds. The van der Waals surface area contributed by atoms with Crippen LogP contribution < -0.4 is 4.74 Å². The van der Waals surface area contributed by atoms with Gasteiger partial charge in [-0.3, -0.25) is 4.79 Å². The minimum absolute atomic E-state index is 0.192. The highest BCUT2D eigenvalue weighted by Crippen LogP contribution is 2.49. The van der Waals surface area contributed by atoms with Crippen molar-refractivity contribution >= 4 is 29.1 Å². The van der Waals surface area contributed by atoms with Gasteiger partial charge in [-0.25, -0.2) is 0 Å². The highest BCUT2D eigenvalue weighted by Gasteiger charge is 2.50. The van der Waals surface area contributed by atoms with Gasteiger partial charge in [0, 0.05) is 24.0 Å². The van der Waals surface area contributed by atoms with Crippen molar-refractivity contribution < 1.29 is 14.6 Å². The van der Waals surface area contributed by atoms with Crippen LogP contribution in [0.15, 0.2) is 18.2 Å². The number of halogens is 2. The van der Waals surface area contributed by atoms with E-state index in [0.717, 1.165) is 32.2 Å². The largest absolute Gasteiger partial charge is 0.492 e. The molecule has 0 spiro atoms. The molecule has 2 saturated carbocycles. The van der Waals surface area contributed by atoms with E-state index in [-0.39, 0.29) is 11.9 Å². The van der Waals surface area contributed by atoms with Gasteiger partial charge in [0.2, 0.25) is 5.91 Å².